The van der Waals surface area contributed by atoms with Gasteiger partial charge in [-0.3, -0.25) is 15.0 Å². The van der Waals surface area contributed by atoms with Crippen LogP contribution in [0.2, 0.25) is 0 Å². The lowest BCUT2D eigenvalue weighted by molar-refractivity contribution is -0.384. The number of urea groups is 1. The van der Waals surface area contributed by atoms with Crippen molar-refractivity contribution in [1.82, 2.24) is 4.90 Å². The van der Waals surface area contributed by atoms with E-state index < -0.39 is 4.92 Å². The molecule has 2 aliphatic rings. The lowest BCUT2D eigenvalue weighted by atomic mass is 9.89. The van der Waals surface area contributed by atoms with Gasteiger partial charge in [0.25, 0.3) is 5.69 Å². The summed E-state index contributed by atoms with van der Waals surface area (Å²) >= 11 is 0. The second-order valence-corrected chi connectivity index (χ2v) is 7.39. The van der Waals surface area contributed by atoms with Crippen molar-refractivity contribution in [3.8, 4) is 0 Å². The molecule has 0 spiro atoms. The molecule has 2 amide bonds. The van der Waals surface area contributed by atoms with Gasteiger partial charge in [-0.1, -0.05) is 17.7 Å². The number of amides is 2. The van der Waals surface area contributed by atoms with Crippen LogP contribution in [-0.2, 0) is 0 Å². The van der Waals surface area contributed by atoms with Gasteiger partial charge in [0.15, 0.2) is 0 Å². The third kappa shape index (κ3) is 3.14. The van der Waals surface area contributed by atoms with Gasteiger partial charge in [0.05, 0.1) is 4.92 Å². The highest BCUT2D eigenvalue weighted by Crippen LogP contribution is 2.45. The molecule has 1 fully saturated rings. The molecule has 0 saturated carbocycles. The molecule has 140 valence electrons. The number of likely N-dealkylation sites (N-methyl/N-ethyl adjacent to an activating group) is 1. The number of aryl methyl sites for hydroxylation is 1. The third-order valence-electron chi connectivity index (χ3n) is 5.50. The zero-order valence-corrected chi connectivity index (χ0v) is 15.4. The summed E-state index contributed by atoms with van der Waals surface area (Å²) in [6.07, 6.45) is 0.919. The van der Waals surface area contributed by atoms with Crippen LogP contribution >= 0.6 is 0 Å². The van der Waals surface area contributed by atoms with Crippen molar-refractivity contribution in [2.75, 3.05) is 30.4 Å². The van der Waals surface area contributed by atoms with Gasteiger partial charge >= 0.3 is 6.03 Å². The summed E-state index contributed by atoms with van der Waals surface area (Å²) < 4.78 is 0. The number of carbonyl (C=O) groups is 1. The molecule has 1 N–H and O–H groups in total. The van der Waals surface area contributed by atoms with Crippen LogP contribution in [0, 0.1) is 17.0 Å². The maximum Gasteiger partial charge on any atom is 0.326 e. The molecule has 2 atom stereocenters. The van der Waals surface area contributed by atoms with Crippen molar-refractivity contribution >= 4 is 23.1 Å². The van der Waals surface area contributed by atoms with Gasteiger partial charge < -0.3 is 10.2 Å². The molecule has 0 aliphatic carbocycles. The molecule has 27 heavy (non-hydrogen) atoms. The topological polar surface area (TPSA) is 78.7 Å². The van der Waals surface area contributed by atoms with E-state index in [4.69, 9.17) is 0 Å². The SMILES string of the molecule is Cc1ccc2c(c1)C1CN(C)CCC1N2C(=O)Nc1ccc([N+](=O)[O-])cc1. The van der Waals surface area contributed by atoms with Gasteiger partial charge in [0.1, 0.15) is 0 Å². The number of nitro benzene ring substituents is 1. The first-order valence-electron chi connectivity index (χ1n) is 9.08. The van der Waals surface area contributed by atoms with Crippen LogP contribution in [-0.4, -0.2) is 42.0 Å². The van der Waals surface area contributed by atoms with Gasteiger partial charge in [-0.2, -0.15) is 0 Å². The summed E-state index contributed by atoms with van der Waals surface area (Å²) in [6, 6.07) is 12.1. The van der Waals surface area contributed by atoms with E-state index in [1.807, 2.05) is 17.0 Å². The van der Waals surface area contributed by atoms with Crippen molar-refractivity contribution in [3.05, 3.63) is 63.7 Å². The van der Waals surface area contributed by atoms with E-state index in [1.54, 1.807) is 12.1 Å². The largest absolute Gasteiger partial charge is 0.326 e. The minimum absolute atomic E-state index is 0.00498. The second kappa shape index (κ2) is 6.66. The first kappa shape index (κ1) is 17.5. The van der Waals surface area contributed by atoms with E-state index in [1.165, 1.54) is 23.3 Å². The number of likely N-dealkylation sites (tertiary alicyclic amines) is 1. The number of nitro groups is 1. The zero-order chi connectivity index (χ0) is 19.1. The van der Waals surface area contributed by atoms with E-state index in [9.17, 15) is 14.9 Å². The third-order valence-corrected chi connectivity index (χ3v) is 5.50. The van der Waals surface area contributed by atoms with E-state index in [-0.39, 0.29) is 17.8 Å². The van der Waals surface area contributed by atoms with Crippen LogP contribution in [0.5, 0.6) is 0 Å². The first-order chi connectivity index (χ1) is 12.9. The van der Waals surface area contributed by atoms with E-state index >= 15 is 0 Å². The van der Waals surface area contributed by atoms with Gasteiger partial charge in [0.2, 0.25) is 0 Å². The molecule has 7 nitrogen and oxygen atoms in total. The predicted molar refractivity (Wildman–Crippen MR) is 104 cm³/mol. The number of benzene rings is 2. The Kier molecular flexibility index (Phi) is 4.31. The number of nitrogens with zero attached hydrogens (tertiary/aromatic N) is 3. The van der Waals surface area contributed by atoms with Gasteiger partial charge in [-0.15, -0.1) is 0 Å². The van der Waals surface area contributed by atoms with Gasteiger partial charge in [0, 0.05) is 42.0 Å². The van der Waals surface area contributed by atoms with Crippen molar-refractivity contribution in [3.63, 3.8) is 0 Å². The Morgan fingerprint density at radius 3 is 2.67 bits per heavy atom. The minimum atomic E-state index is -0.451. The quantitative estimate of drug-likeness (QED) is 0.649. The van der Waals surface area contributed by atoms with Crippen molar-refractivity contribution in [1.29, 1.82) is 0 Å². The molecular formula is C20H22N4O3. The Morgan fingerprint density at radius 2 is 1.96 bits per heavy atom. The van der Waals surface area contributed by atoms with Crippen molar-refractivity contribution in [2.24, 2.45) is 0 Å². The average molecular weight is 366 g/mol. The Bertz CT molecular complexity index is 897. The van der Waals surface area contributed by atoms with Crippen molar-refractivity contribution in [2.45, 2.75) is 25.3 Å². The molecule has 2 aliphatic heterocycles. The summed E-state index contributed by atoms with van der Waals surface area (Å²) in [6.45, 7) is 3.96. The van der Waals surface area contributed by atoms with Crippen LogP contribution in [0.4, 0.5) is 21.9 Å². The number of carbonyl (C=O) groups excluding carboxylic acids is 1. The lowest BCUT2D eigenvalue weighted by Gasteiger charge is -2.36. The molecule has 0 radical (unpaired) electrons. The fourth-order valence-electron chi connectivity index (χ4n) is 4.20. The standard InChI is InChI=1S/C20H22N4O3/c1-13-3-8-18-16(11-13)17-12-22(2)10-9-19(17)23(18)20(25)21-14-4-6-15(7-5-14)24(26)27/h3-8,11,17,19H,9-10,12H2,1-2H3,(H,21,25). The number of piperidine rings is 1. The number of nitrogens with one attached hydrogen (secondary N) is 1. The number of non-ortho nitro benzene ring substituents is 1. The number of fused-ring (bicyclic) bond motifs is 3. The molecule has 2 unspecified atom stereocenters. The Labute approximate surface area is 157 Å². The normalized spacial score (nSPS) is 21.5. The summed E-state index contributed by atoms with van der Waals surface area (Å²) in [7, 11) is 2.12. The van der Waals surface area contributed by atoms with E-state index in [0.717, 1.165) is 25.2 Å². The fourth-order valence-corrected chi connectivity index (χ4v) is 4.20. The minimum Gasteiger partial charge on any atom is -0.308 e. The van der Waals surface area contributed by atoms with Gasteiger partial charge in [-0.25, -0.2) is 4.79 Å². The molecular weight excluding hydrogens is 344 g/mol. The average Bonchev–Trinajstić information content (AvgIpc) is 2.95. The van der Waals surface area contributed by atoms with Crippen LogP contribution in [0.15, 0.2) is 42.5 Å². The highest BCUT2D eigenvalue weighted by atomic mass is 16.6. The zero-order valence-electron chi connectivity index (χ0n) is 15.4. The van der Waals surface area contributed by atoms with Crippen LogP contribution in [0.1, 0.15) is 23.5 Å². The first-order valence-corrected chi connectivity index (χ1v) is 9.08. The maximum atomic E-state index is 13.1. The van der Waals surface area contributed by atoms with E-state index in [0.29, 0.717) is 11.6 Å². The summed E-state index contributed by atoms with van der Waals surface area (Å²) in [5, 5.41) is 13.7. The molecule has 4 rings (SSSR count). The highest BCUT2D eigenvalue weighted by Gasteiger charge is 2.43. The van der Waals surface area contributed by atoms with Crippen molar-refractivity contribution < 1.29 is 9.72 Å². The Balaban J connectivity index is 1.62. The monoisotopic (exact) mass is 366 g/mol. The molecule has 2 heterocycles. The highest BCUT2D eigenvalue weighted by molar-refractivity contribution is 6.04. The van der Waals surface area contributed by atoms with Crippen LogP contribution in [0.25, 0.3) is 0 Å². The Morgan fingerprint density at radius 1 is 1.22 bits per heavy atom. The predicted octanol–water partition coefficient (Wildman–Crippen LogP) is 3.74. The number of anilines is 2. The molecule has 1 saturated heterocycles. The Hall–Kier alpha value is -2.93. The van der Waals surface area contributed by atoms with E-state index in [2.05, 4.69) is 30.3 Å². The second-order valence-electron chi connectivity index (χ2n) is 7.39. The lowest BCUT2D eigenvalue weighted by Crippen LogP contribution is -2.48. The summed E-state index contributed by atoms with van der Waals surface area (Å²) in [5.41, 5.74) is 3.94. The summed E-state index contributed by atoms with van der Waals surface area (Å²) in [5.74, 6) is 0.307. The smallest absolute Gasteiger partial charge is 0.308 e. The fraction of sp³-hybridized carbons (Fsp3) is 0.350. The number of hydrogen-bond acceptors (Lipinski definition) is 4. The maximum absolute atomic E-state index is 13.1. The van der Waals surface area contributed by atoms with Crippen LogP contribution < -0.4 is 10.2 Å². The molecule has 0 aromatic heterocycles. The number of rotatable bonds is 2. The molecule has 2 aromatic carbocycles. The number of hydrogen-bond donors (Lipinski definition) is 1. The molecule has 2 aromatic rings. The molecule has 0 bridgehead atoms. The summed E-state index contributed by atoms with van der Waals surface area (Å²) in [4.78, 5) is 27.6. The van der Waals surface area contributed by atoms with Crippen LogP contribution in [0.3, 0.4) is 0 Å². The molecule has 7 heteroatoms. The van der Waals surface area contributed by atoms with Gasteiger partial charge in [-0.05, 0) is 50.7 Å².